The van der Waals surface area contributed by atoms with Crippen LogP contribution in [0.4, 0.5) is 5.69 Å². The van der Waals surface area contributed by atoms with Gasteiger partial charge in [0.25, 0.3) is 0 Å². The molecule has 0 saturated carbocycles. The smallest absolute Gasteiger partial charge is 0.354 e. The molecule has 2 aromatic rings. The van der Waals surface area contributed by atoms with Crippen LogP contribution in [0.5, 0.6) is 5.75 Å². The van der Waals surface area contributed by atoms with E-state index in [1.165, 1.54) is 0 Å². The average molecular weight is 313 g/mol. The van der Waals surface area contributed by atoms with Gasteiger partial charge in [0.1, 0.15) is 5.69 Å². The molecule has 6 heteroatoms. The highest BCUT2D eigenvalue weighted by atomic mass is 79.9. The Morgan fingerprint density at radius 3 is 2.83 bits per heavy atom. The van der Waals surface area contributed by atoms with Crippen molar-refractivity contribution < 1.29 is 14.3 Å². The van der Waals surface area contributed by atoms with E-state index >= 15 is 0 Å². The fourth-order valence-corrected chi connectivity index (χ4v) is 2.48. The maximum atomic E-state index is 11.6. The van der Waals surface area contributed by atoms with Gasteiger partial charge in [-0.15, -0.1) is 0 Å². The molecule has 3 N–H and O–H groups in total. The number of nitrogens with one attached hydrogen (secondary N) is 1. The molecule has 0 aliphatic heterocycles. The van der Waals surface area contributed by atoms with Crippen LogP contribution in [0, 0.1) is 0 Å². The first-order valence-electron chi connectivity index (χ1n) is 5.40. The number of nitrogen functional groups attached to an aromatic ring is 1. The molecule has 1 aromatic heterocycles. The zero-order chi connectivity index (χ0) is 13.3. The highest BCUT2D eigenvalue weighted by Crippen LogP contribution is 2.38. The van der Waals surface area contributed by atoms with Gasteiger partial charge in [-0.05, 0) is 35.0 Å². The van der Waals surface area contributed by atoms with Crippen molar-refractivity contribution in [2.45, 2.75) is 6.92 Å². The third-order valence-electron chi connectivity index (χ3n) is 2.55. The van der Waals surface area contributed by atoms with E-state index in [0.29, 0.717) is 28.2 Å². The van der Waals surface area contributed by atoms with Crippen LogP contribution < -0.4 is 10.5 Å². The van der Waals surface area contributed by atoms with Gasteiger partial charge < -0.3 is 20.2 Å². The first kappa shape index (κ1) is 12.8. The molecule has 0 atom stereocenters. The molecule has 0 saturated heterocycles. The second-order valence-corrected chi connectivity index (χ2v) is 4.47. The number of carbonyl (C=O) groups excluding carboxylic acids is 1. The van der Waals surface area contributed by atoms with Gasteiger partial charge in [0, 0.05) is 10.9 Å². The van der Waals surface area contributed by atoms with Crippen LogP contribution in [0.2, 0.25) is 0 Å². The van der Waals surface area contributed by atoms with Crippen LogP contribution in [0.25, 0.3) is 10.9 Å². The predicted molar refractivity (Wildman–Crippen MR) is 72.9 cm³/mol. The Hall–Kier alpha value is -1.69. The molecule has 0 spiro atoms. The third kappa shape index (κ3) is 2.03. The van der Waals surface area contributed by atoms with Crippen LogP contribution in [0.3, 0.4) is 0 Å². The lowest BCUT2D eigenvalue weighted by atomic mass is 10.2. The van der Waals surface area contributed by atoms with Crippen LogP contribution in [0.1, 0.15) is 17.4 Å². The van der Waals surface area contributed by atoms with E-state index in [0.717, 1.165) is 10.9 Å². The van der Waals surface area contributed by atoms with E-state index in [1.54, 1.807) is 26.2 Å². The van der Waals surface area contributed by atoms with E-state index in [-0.39, 0.29) is 0 Å². The first-order valence-corrected chi connectivity index (χ1v) is 6.19. The molecule has 1 aromatic carbocycles. The van der Waals surface area contributed by atoms with Crippen molar-refractivity contribution >= 4 is 38.5 Å². The third-order valence-corrected chi connectivity index (χ3v) is 3.33. The number of halogens is 1. The van der Waals surface area contributed by atoms with Crippen molar-refractivity contribution in [3.05, 3.63) is 22.3 Å². The Labute approximate surface area is 112 Å². The van der Waals surface area contributed by atoms with Crippen molar-refractivity contribution in [3.8, 4) is 5.75 Å². The SMILES string of the molecule is CCOC(=O)c1cc2c(Br)c(OC)c(N)cc2[nH]1. The van der Waals surface area contributed by atoms with E-state index in [1.807, 2.05) is 0 Å². The summed E-state index contributed by atoms with van der Waals surface area (Å²) in [4.78, 5) is 14.6. The summed E-state index contributed by atoms with van der Waals surface area (Å²) < 4.78 is 10.8. The van der Waals surface area contributed by atoms with Crippen molar-refractivity contribution in [2.24, 2.45) is 0 Å². The monoisotopic (exact) mass is 312 g/mol. The zero-order valence-electron chi connectivity index (χ0n) is 10.0. The van der Waals surface area contributed by atoms with Gasteiger partial charge in [-0.1, -0.05) is 0 Å². The largest absolute Gasteiger partial charge is 0.493 e. The molecule has 0 aliphatic rings. The molecule has 2 rings (SSSR count). The minimum Gasteiger partial charge on any atom is -0.493 e. The van der Waals surface area contributed by atoms with Gasteiger partial charge in [-0.3, -0.25) is 0 Å². The van der Waals surface area contributed by atoms with Gasteiger partial charge in [-0.2, -0.15) is 0 Å². The van der Waals surface area contributed by atoms with Crippen molar-refractivity contribution in [1.82, 2.24) is 4.98 Å². The standard InChI is InChI=1S/C12H13BrN2O3/c1-3-18-12(16)9-4-6-8(15-9)5-7(14)11(17-2)10(6)13/h4-5,15H,3,14H2,1-2H3. The second-order valence-electron chi connectivity index (χ2n) is 3.68. The summed E-state index contributed by atoms with van der Waals surface area (Å²) >= 11 is 3.42. The number of methoxy groups -OCH3 is 1. The number of esters is 1. The zero-order valence-corrected chi connectivity index (χ0v) is 11.6. The molecule has 0 bridgehead atoms. The fourth-order valence-electron chi connectivity index (χ4n) is 1.76. The van der Waals surface area contributed by atoms with E-state index < -0.39 is 5.97 Å². The van der Waals surface area contributed by atoms with E-state index in [2.05, 4.69) is 20.9 Å². The highest BCUT2D eigenvalue weighted by Gasteiger charge is 2.16. The molecule has 0 amide bonds. The maximum absolute atomic E-state index is 11.6. The quantitative estimate of drug-likeness (QED) is 0.674. The molecule has 0 aliphatic carbocycles. The summed E-state index contributed by atoms with van der Waals surface area (Å²) in [5.41, 5.74) is 7.49. The highest BCUT2D eigenvalue weighted by molar-refractivity contribution is 9.10. The molecular weight excluding hydrogens is 300 g/mol. The lowest BCUT2D eigenvalue weighted by Crippen LogP contribution is -2.04. The summed E-state index contributed by atoms with van der Waals surface area (Å²) in [6, 6.07) is 3.43. The summed E-state index contributed by atoms with van der Waals surface area (Å²) in [6.07, 6.45) is 0. The van der Waals surface area contributed by atoms with E-state index in [4.69, 9.17) is 15.2 Å². The average Bonchev–Trinajstić information content (AvgIpc) is 2.74. The molecule has 0 unspecified atom stereocenters. The number of anilines is 1. The van der Waals surface area contributed by atoms with Crippen molar-refractivity contribution in [2.75, 3.05) is 19.5 Å². The lowest BCUT2D eigenvalue weighted by Gasteiger charge is -2.07. The summed E-state index contributed by atoms with van der Waals surface area (Å²) in [5.74, 6) is 0.162. The molecular formula is C12H13BrN2O3. The van der Waals surface area contributed by atoms with Gasteiger partial charge in [0.15, 0.2) is 5.75 Å². The van der Waals surface area contributed by atoms with E-state index in [9.17, 15) is 4.79 Å². The number of H-pyrrole nitrogens is 1. The Kier molecular flexibility index (Phi) is 3.47. The number of benzene rings is 1. The normalized spacial score (nSPS) is 10.6. The predicted octanol–water partition coefficient (Wildman–Crippen LogP) is 2.70. The van der Waals surface area contributed by atoms with Gasteiger partial charge in [-0.25, -0.2) is 4.79 Å². The number of hydrogen-bond acceptors (Lipinski definition) is 4. The maximum Gasteiger partial charge on any atom is 0.354 e. The molecule has 1 heterocycles. The minimum absolute atomic E-state index is 0.334. The Morgan fingerprint density at radius 1 is 1.50 bits per heavy atom. The van der Waals surface area contributed by atoms with Gasteiger partial charge in [0.2, 0.25) is 0 Å². The van der Waals surface area contributed by atoms with Crippen molar-refractivity contribution in [1.29, 1.82) is 0 Å². The summed E-state index contributed by atoms with van der Waals surface area (Å²) in [6.45, 7) is 2.10. The Balaban J connectivity index is 2.58. The number of rotatable bonds is 3. The fraction of sp³-hybridized carbons (Fsp3) is 0.250. The topological polar surface area (TPSA) is 77.3 Å². The van der Waals surface area contributed by atoms with Crippen LogP contribution in [0.15, 0.2) is 16.6 Å². The number of ether oxygens (including phenoxy) is 2. The number of aromatic nitrogens is 1. The second kappa shape index (κ2) is 4.89. The Morgan fingerprint density at radius 2 is 2.22 bits per heavy atom. The number of carbonyl (C=O) groups is 1. The molecule has 18 heavy (non-hydrogen) atoms. The van der Waals surface area contributed by atoms with Gasteiger partial charge >= 0.3 is 5.97 Å². The lowest BCUT2D eigenvalue weighted by molar-refractivity contribution is 0.0520. The molecule has 0 radical (unpaired) electrons. The Bertz CT molecular complexity index is 607. The number of fused-ring (bicyclic) bond motifs is 1. The van der Waals surface area contributed by atoms with Crippen LogP contribution >= 0.6 is 15.9 Å². The minimum atomic E-state index is -0.391. The molecule has 0 fully saturated rings. The molecule has 96 valence electrons. The van der Waals surface area contributed by atoms with Crippen LogP contribution in [-0.2, 0) is 4.74 Å². The summed E-state index contributed by atoms with van der Waals surface area (Å²) in [5, 5.41) is 0.823. The number of hydrogen-bond donors (Lipinski definition) is 2. The first-order chi connectivity index (χ1) is 8.58. The summed E-state index contributed by atoms with van der Waals surface area (Å²) in [7, 11) is 1.54. The number of aromatic amines is 1. The molecule has 5 nitrogen and oxygen atoms in total. The van der Waals surface area contributed by atoms with Gasteiger partial charge in [0.05, 0.1) is 23.9 Å². The number of nitrogens with two attached hydrogens (primary N) is 1. The van der Waals surface area contributed by atoms with Crippen molar-refractivity contribution in [3.63, 3.8) is 0 Å². The van der Waals surface area contributed by atoms with Crippen LogP contribution in [-0.4, -0.2) is 24.7 Å².